The third-order valence-electron chi connectivity index (χ3n) is 6.65. The van der Waals surface area contributed by atoms with Crippen LogP contribution in [0.5, 0.6) is 0 Å². The molecule has 0 radical (unpaired) electrons. The molecule has 1 aliphatic rings. The Labute approximate surface area is 240 Å². The Morgan fingerprint density at radius 3 is 2.54 bits per heavy atom. The highest BCUT2D eigenvalue weighted by Gasteiger charge is 2.40. The lowest BCUT2D eigenvalue weighted by atomic mass is 10.0. The first-order valence-corrected chi connectivity index (χ1v) is 13.3. The molecule has 2 N–H and O–H groups in total. The molecule has 0 aliphatic carbocycles. The Balaban J connectivity index is 1.50. The standard InChI is InChI=1S/C27H23BrFN7O5/c1-13(37)24-18-6-15(16-9-30-14(2)31-10-16)7-19(27(40)41)25(18)36(34-24)12-23(38)35-11-17(29)8-20(35)26(39)33-22-5-3-4-21(28)32-22/h3-7,9-10,17,20H,8,11-12H2,1-2H3,(H,40,41)(H,32,33,39)/t17-,20+/m1/s1. The van der Waals surface area contributed by atoms with Crippen molar-refractivity contribution in [3.8, 4) is 11.1 Å². The number of nitrogens with one attached hydrogen (secondary N) is 1. The van der Waals surface area contributed by atoms with Crippen molar-refractivity contribution < 1.29 is 28.7 Å². The second-order valence-electron chi connectivity index (χ2n) is 9.54. The van der Waals surface area contributed by atoms with Gasteiger partial charge >= 0.3 is 5.97 Å². The topological polar surface area (TPSA) is 160 Å². The van der Waals surface area contributed by atoms with Crippen molar-refractivity contribution in [1.29, 1.82) is 0 Å². The number of Topliss-reactive ketones (excluding diaryl/α,β-unsaturated/α-hetero) is 1. The van der Waals surface area contributed by atoms with Gasteiger partial charge in [-0.15, -0.1) is 0 Å². The monoisotopic (exact) mass is 623 g/mol. The highest BCUT2D eigenvalue weighted by Crippen LogP contribution is 2.31. The molecule has 1 fully saturated rings. The Morgan fingerprint density at radius 2 is 1.88 bits per heavy atom. The number of alkyl halides is 1. The summed E-state index contributed by atoms with van der Waals surface area (Å²) < 4.78 is 16.1. The highest BCUT2D eigenvalue weighted by atomic mass is 79.9. The average molecular weight is 624 g/mol. The maximum atomic E-state index is 14.5. The molecule has 3 aromatic heterocycles. The molecular formula is C27H23BrFN7O5. The molecule has 0 spiro atoms. The lowest BCUT2D eigenvalue weighted by Gasteiger charge is -2.23. The summed E-state index contributed by atoms with van der Waals surface area (Å²) in [6.07, 6.45) is 1.41. The number of halogens is 2. The minimum atomic E-state index is -1.44. The molecule has 1 saturated heterocycles. The number of nitrogens with zero attached hydrogens (tertiary/aromatic N) is 6. The average Bonchev–Trinajstić information content (AvgIpc) is 3.49. The normalized spacial score (nSPS) is 16.6. The number of benzene rings is 1. The molecule has 0 bridgehead atoms. The number of carboxylic acid groups (broad SMARTS) is 1. The van der Waals surface area contributed by atoms with E-state index in [2.05, 4.69) is 41.3 Å². The maximum Gasteiger partial charge on any atom is 0.337 e. The fraction of sp³-hybridized carbons (Fsp3) is 0.259. The number of fused-ring (bicyclic) bond motifs is 1. The predicted molar refractivity (Wildman–Crippen MR) is 148 cm³/mol. The highest BCUT2D eigenvalue weighted by molar-refractivity contribution is 9.10. The van der Waals surface area contributed by atoms with Gasteiger partial charge in [-0.25, -0.2) is 24.1 Å². The molecule has 0 saturated carbocycles. The van der Waals surface area contributed by atoms with Crippen LogP contribution in [-0.2, 0) is 16.1 Å². The first-order valence-electron chi connectivity index (χ1n) is 12.5. The van der Waals surface area contributed by atoms with Crippen LogP contribution in [-0.4, -0.2) is 77.1 Å². The van der Waals surface area contributed by atoms with Gasteiger partial charge in [0.2, 0.25) is 11.8 Å². The van der Waals surface area contributed by atoms with Crippen molar-refractivity contribution in [2.45, 2.75) is 39.0 Å². The Hall–Kier alpha value is -4.59. The molecular weight excluding hydrogens is 601 g/mol. The first kappa shape index (κ1) is 28.0. The third-order valence-corrected chi connectivity index (χ3v) is 7.09. The molecule has 2 atom stereocenters. The number of rotatable bonds is 7. The zero-order valence-corrected chi connectivity index (χ0v) is 23.4. The summed E-state index contributed by atoms with van der Waals surface area (Å²) in [5.41, 5.74) is 0.776. The Morgan fingerprint density at radius 1 is 1.15 bits per heavy atom. The minimum Gasteiger partial charge on any atom is -0.478 e. The number of amides is 2. The number of carbonyl (C=O) groups is 4. The molecule has 5 rings (SSSR count). The van der Waals surface area contributed by atoms with Crippen LogP contribution in [0.25, 0.3) is 22.0 Å². The minimum absolute atomic E-state index is 0.0370. The van der Waals surface area contributed by atoms with Crippen LogP contribution in [0.3, 0.4) is 0 Å². The van der Waals surface area contributed by atoms with Gasteiger partial charge in [0.1, 0.15) is 40.7 Å². The van der Waals surface area contributed by atoms with E-state index < -0.39 is 42.3 Å². The zero-order chi connectivity index (χ0) is 29.4. The Bertz CT molecular complexity index is 1710. The molecule has 14 heteroatoms. The molecule has 1 aliphatic heterocycles. The molecule has 4 aromatic rings. The number of hydrogen-bond acceptors (Lipinski definition) is 8. The number of carbonyl (C=O) groups excluding carboxylic acids is 3. The second-order valence-corrected chi connectivity index (χ2v) is 10.3. The molecule has 41 heavy (non-hydrogen) atoms. The van der Waals surface area contributed by atoms with Gasteiger partial charge in [-0.3, -0.25) is 19.1 Å². The van der Waals surface area contributed by atoms with Gasteiger partial charge in [0.15, 0.2) is 5.78 Å². The molecule has 2 amide bonds. The van der Waals surface area contributed by atoms with Gasteiger partial charge in [-0.05, 0) is 52.7 Å². The van der Waals surface area contributed by atoms with Crippen molar-refractivity contribution in [3.05, 3.63) is 64.4 Å². The number of likely N-dealkylation sites (tertiary alicyclic amines) is 1. The van der Waals surface area contributed by atoms with Crippen LogP contribution in [0.15, 0.2) is 47.3 Å². The van der Waals surface area contributed by atoms with Crippen LogP contribution >= 0.6 is 15.9 Å². The van der Waals surface area contributed by atoms with E-state index in [1.807, 2.05) is 0 Å². The van der Waals surface area contributed by atoms with E-state index in [0.29, 0.717) is 21.6 Å². The number of aryl methyl sites for hydroxylation is 1. The van der Waals surface area contributed by atoms with E-state index >= 15 is 0 Å². The van der Waals surface area contributed by atoms with Crippen LogP contribution < -0.4 is 5.32 Å². The number of carboxylic acids is 1. The van der Waals surface area contributed by atoms with Gasteiger partial charge in [-0.1, -0.05) is 6.07 Å². The summed E-state index contributed by atoms with van der Waals surface area (Å²) in [6.45, 7) is 2.13. The van der Waals surface area contributed by atoms with Gasteiger partial charge in [0.05, 0.1) is 17.6 Å². The number of anilines is 1. The van der Waals surface area contributed by atoms with E-state index in [1.54, 1.807) is 31.2 Å². The lowest BCUT2D eigenvalue weighted by Crippen LogP contribution is -2.44. The molecule has 4 heterocycles. The predicted octanol–water partition coefficient (Wildman–Crippen LogP) is 3.44. The van der Waals surface area contributed by atoms with E-state index in [-0.39, 0.29) is 40.9 Å². The first-order chi connectivity index (χ1) is 19.5. The van der Waals surface area contributed by atoms with E-state index in [4.69, 9.17) is 0 Å². The summed E-state index contributed by atoms with van der Waals surface area (Å²) in [6, 6.07) is 6.75. The van der Waals surface area contributed by atoms with Gasteiger partial charge in [-0.2, -0.15) is 5.10 Å². The van der Waals surface area contributed by atoms with Crippen LogP contribution in [0, 0.1) is 6.92 Å². The summed E-state index contributed by atoms with van der Waals surface area (Å²) in [7, 11) is 0. The molecule has 1 aromatic carbocycles. The van der Waals surface area contributed by atoms with Crippen molar-refractivity contribution >= 4 is 56.2 Å². The summed E-state index contributed by atoms with van der Waals surface area (Å²) in [5, 5.41) is 17.2. The number of hydrogen-bond donors (Lipinski definition) is 2. The SMILES string of the molecule is CC(=O)c1nn(CC(=O)N2C[C@H](F)C[C@H]2C(=O)Nc2cccc(Br)n2)c2c(C(=O)O)cc(-c3cnc(C)nc3)cc12. The third kappa shape index (κ3) is 5.68. The smallest absolute Gasteiger partial charge is 0.337 e. The van der Waals surface area contributed by atoms with E-state index in [1.165, 1.54) is 25.4 Å². The van der Waals surface area contributed by atoms with Crippen molar-refractivity contribution in [2.24, 2.45) is 0 Å². The Kier molecular flexibility index (Phi) is 7.58. The van der Waals surface area contributed by atoms with Gasteiger partial charge < -0.3 is 15.3 Å². The summed E-state index contributed by atoms with van der Waals surface area (Å²) in [4.78, 5) is 64.8. The maximum absolute atomic E-state index is 14.5. The molecule has 210 valence electrons. The number of aromatic nitrogens is 5. The molecule has 12 nitrogen and oxygen atoms in total. The second kappa shape index (κ2) is 11.1. The van der Waals surface area contributed by atoms with Crippen molar-refractivity contribution in [3.63, 3.8) is 0 Å². The fourth-order valence-electron chi connectivity index (χ4n) is 4.78. The van der Waals surface area contributed by atoms with Crippen LogP contribution in [0.2, 0.25) is 0 Å². The van der Waals surface area contributed by atoms with Crippen LogP contribution in [0.1, 0.15) is 40.0 Å². The van der Waals surface area contributed by atoms with Gasteiger partial charge in [0, 0.05) is 36.7 Å². The van der Waals surface area contributed by atoms with Gasteiger partial charge in [0.25, 0.3) is 0 Å². The van der Waals surface area contributed by atoms with Crippen molar-refractivity contribution in [2.75, 3.05) is 11.9 Å². The summed E-state index contributed by atoms with van der Waals surface area (Å²) >= 11 is 3.22. The fourth-order valence-corrected chi connectivity index (χ4v) is 5.12. The zero-order valence-electron chi connectivity index (χ0n) is 21.8. The largest absolute Gasteiger partial charge is 0.478 e. The van der Waals surface area contributed by atoms with E-state index in [0.717, 1.165) is 9.58 Å². The molecule has 0 unspecified atom stereocenters. The lowest BCUT2D eigenvalue weighted by molar-refractivity contribution is -0.137. The number of aromatic carboxylic acids is 1. The number of ketones is 1. The van der Waals surface area contributed by atoms with E-state index in [9.17, 15) is 28.7 Å². The van der Waals surface area contributed by atoms with Crippen molar-refractivity contribution in [1.82, 2.24) is 29.6 Å². The number of pyridine rings is 1. The van der Waals surface area contributed by atoms with Crippen LogP contribution in [0.4, 0.5) is 10.2 Å². The quantitative estimate of drug-likeness (QED) is 0.232. The summed E-state index contributed by atoms with van der Waals surface area (Å²) in [5.74, 6) is -2.28.